The van der Waals surface area contributed by atoms with Crippen molar-refractivity contribution in [3.63, 3.8) is 0 Å². The van der Waals surface area contributed by atoms with E-state index in [1.165, 1.54) is 12.8 Å². The summed E-state index contributed by atoms with van der Waals surface area (Å²) in [5.41, 5.74) is 0. The van der Waals surface area contributed by atoms with Crippen molar-refractivity contribution < 1.29 is 4.79 Å². The zero-order valence-corrected chi connectivity index (χ0v) is 8.83. The van der Waals surface area contributed by atoms with Gasteiger partial charge in [-0.1, -0.05) is 0 Å². The number of carbonyl (C=O) groups excluding carboxylic acids is 1. The minimum atomic E-state index is 0.276. The van der Waals surface area contributed by atoms with Crippen molar-refractivity contribution in [3.05, 3.63) is 0 Å². The van der Waals surface area contributed by atoms with E-state index in [1.54, 1.807) is 0 Å². The van der Waals surface area contributed by atoms with Gasteiger partial charge in [0.25, 0.3) is 0 Å². The van der Waals surface area contributed by atoms with Crippen LogP contribution < -0.4 is 5.32 Å². The maximum atomic E-state index is 11.7. The minimum Gasteiger partial charge on any atom is -0.325 e. The van der Waals surface area contributed by atoms with Gasteiger partial charge in [0.15, 0.2) is 0 Å². The van der Waals surface area contributed by atoms with Crippen LogP contribution >= 0.6 is 0 Å². The molecule has 2 aliphatic rings. The third-order valence-electron chi connectivity index (χ3n) is 3.11. The van der Waals surface area contributed by atoms with Gasteiger partial charge in [0.05, 0.1) is 12.7 Å². The lowest BCUT2D eigenvalue weighted by Crippen LogP contribution is -2.58. The predicted molar refractivity (Wildman–Crippen MR) is 54.9 cm³/mol. The van der Waals surface area contributed by atoms with Gasteiger partial charge in [-0.2, -0.15) is 0 Å². The SMILES string of the molecule is CN1CCN(C2CCCCN2)C(=O)C1. The van der Waals surface area contributed by atoms with Crippen LogP contribution in [0.1, 0.15) is 19.3 Å². The van der Waals surface area contributed by atoms with Gasteiger partial charge < -0.3 is 4.90 Å². The molecule has 0 radical (unpaired) electrons. The number of carbonyl (C=O) groups is 1. The Balaban J connectivity index is 1.92. The molecular weight excluding hydrogens is 178 g/mol. The van der Waals surface area contributed by atoms with Gasteiger partial charge in [0.1, 0.15) is 0 Å². The Bertz CT molecular complexity index is 213. The Morgan fingerprint density at radius 3 is 2.86 bits per heavy atom. The van der Waals surface area contributed by atoms with E-state index < -0.39 is 0 Å². The summed E-state index contributed by atoms with van der Waals surface area (Å²) >= 11 is 0. The van der Waals surface area contributed by atoms with Crippen molar-refractivity contribution >= 4 is 5.91 Å². The average Bonchev–Trinajstić information content (AvgIpc) is 2.19. The summed E-state index contributed by atoms with van der Waals surface area (Å²) < 4.78 is 0. The van der Waals surface area contributed by atoms with E-state index in [4.69, 9.17) is 0 Å². The highest BCUT2D eigenvalue weighted by Crippen LogP contribution is 2.13. The number of piperazine rings is 1. The van der Waals surface area contributed by atoms with Gasteiger partial charge in [-0.05, 0) is 32.9 Å². The largest absolute Gasteiger partial charge is 0.325 e. The summed E-state index contributed by atoms with van der Waals surface area (Å²) in [7, 11) is 2.00. The second-order valence-electron chi connectivity index (χ2n) is 4.29. The molecule has 0 bridgehead atoms. The fourth-order valence-electron chi connectivity index (χ4n) is 2.23. The van der Waals surface area contributed by atoms with Crippen molar-refractivity contribution in [1.29, 1.82) is 0 Å². The van der Waals surface area contributed by atoms with E-state index in [2.05, 4.69) is 10.2 Å². The van der Waals surface area contributed by atoms with Crippen LogP contribution in [0, 0.1) is 0 Å². The van der Waals surface area contributed by atoms with E-state index in [0.717, 1.165) is 26.1 Å². The number of hydrogen-bond acceptors (Lipinski definition) is 3. The summed E-state index contributed by atoms with van der Waals surface area (Å²) in [6.07, 6.45) is 3.93. The molecule has 4 heteroatoms. The molecule has 1 atom stereocenters. The standard InChI is InChI=1S/C10H19N3O/c1-12-6-7-13(10(14)8-12)9-4-2-3-5-11-9/h9,11H,2-8H2,1H3. The van der Waals surface area contributed by atoms with Gasteiger partial charge in [-0.25, -0.2) is 0 Å². The first-order valence-electron chi connectivity index (χ1n) is 5.49. The summed E-state index contributed by atoms with van der Waals surface area (Å²) in [6, 6.07) is 0. The Kier molecular flexibility index (Phi) is 3.03. The zero-order chi connectivity index (χ0) is 9.97. The van der Waals surface area contributed by atoms with Crippen molar-refractivity contribution in [2.75, 3.05) is 33.2 Å². The van der Waals surface area contributed by atoms with Gasteiger partial charge in [0, 0.05) is 13.1 Å². The molecule has 0 aromatic heterocycles. The maximum absolute atomic E-state index is 11.7. The second-order valence-corrected chi connectivity index (χ2v) is 4.29. The summed E-state index contributed by atoms with van der Waals surface area (Å²) in [4.78, 5) is 15.8. The molecule has 14 heavy (non-hydrogen) atoms. The van der Waals surface area contributed by atoms with Crippen LogP contribution in [0.15, 0.2) is 0 Å². The Labute approximate surface area is 85.2 Å². The molecule has 2 rings (SSSR count). The molecule has 1 unspecified atom stereocenters. The molecule has 0 aliphatic carbocycles. The molecule has 2 heterocycles. The number of nitrogens with zero attached hydrogens (tertiary/aromatic N) is 2. The third kappa shape index (κ3) is 2.07. The van der Waals surface area contributed by atoms with Crippen molar-refractivity contribution in [3.8, 4) is 0 Å². The molecule has 4 nitrogen and oxygen atoms in total. The smallest absolute Gasteiger partial charge is 0.238 e. The lowest BCUT2D eigenvalue weighted by atomic mass is 10.1. The van der Waals surface area contributed by atoms with Crippen LogP contribution in [-0.2, 0) is 4.79 Å². The Morgan fingerprint density at radius 1 is 1.36 bits per heavy atom. The molecule has 0 saturated carbocycles. The lowest BCUT2D eigenvalue weighted by molar-refractivity contribution is -0.139. The van der Waals surface area contributed by atoms with E-state index in [0.29, 0.717) is 12.7 Å². The maximum Gasteiger partial charge on any atom is 0.238 e. The normalized spacial score (nSPS) is 30.8. The van der Waals surface area contributed by atoms with Crippen molar-refractivity contribution in [1.82, 2.24) is 15.1 Å². The highest BCUT2D eigenvalue weighted by Gasteiger charge is 2.28. The lowest BCUT2D eigenvalue weighted by Gasteiger charge is -2.39. The van der Waals surface area contributed by atoms with Crippen molar-refractivity contribution in [2.45, 2.75) is 25.4 Å². The molecular formula is C10H19N3O. The molecule has 80 valence electrons. The first-order chi connectivity index (χ1) is 6.77. The molecule has 2 aliphatic heterocycles. The molecule has 2 saturated heterocycles. The minimum absolute atomic E-state index is 0.276. The Morgan fingerprint density at radius 2 is 2.21 bits per heavy atom. The van der Waals surface area contributed by atoms with E-state index >= 15 is 0 Å². The fourth-order valence-corrected chi connectivity index (χ4v) is 2.23. The second kappa shape index (κ2) is 4.28. The topological polar surface area (TPSA) is 35.6 Å². The third-order valence-corrected chi connectivity index (χ3v) is 3.11. The Hall–Kier alpha value is -0.610. The molecule has 1 N–H and O–H groups in total. The van der Waals surface area contributed by atoms with Crippen LogP contribution in [0.3, 0.4) is 0 Å². The van der Waals surface area contributed by atoms with Gasteiger partial charge in [-0.3, -0.25) is 15.0 Å². The van der Waals surface area contributed by atoms with Crippen molar-refractivity contribution in [2.24, 2.45) is 0 Å². The molecule has 1 amide bonds. The zero-order valence-electron chi connectivity index (χ0n) is 8.83. The molecule has 0 aromatic carbocycles. The summed E-state index contributed by atoms with van der Waals surface area (Å²) in [6.45, 7) is 3.53. The first-order valence-corrected chi connectivity index (χ1v) is 5.49. The van der Waals surface area contributed by atoms with E-state index in [-0.39, 0.29) is 5.91 Å². The van der Waals surface area contributed by atoms with Gasteiger partial charge in [0.2, 0.25) is 5.91 Å². The van der Waals surface area contributed by atoms with Crippen LogP contribution in [0.2, 0.25) is 0 Å². The number of likely N-dealkylation sites (N-methyl/N-ethyl adjacent to an activating group) is 1. The molecule has 2 fully saturated rings. The van der Waals surface area contributed by atoms with Crippen LogP contribution in [-0.4, -0.2) is 55.1 Å². The van der Waals surface area contributed by atoms with E-state index in [9.17, 15) is 4.79 Å². The van der Waals surface area contributed by atoms with Gasteiger partial charge in [-0.15, -0.1) is 0 Å². The first kappa shape index (κ1) is 9.93. The quantitative estimate of drug-likeness (QED) is 0.635. The predicted octanol–water partition coefficient (Wildman–Crippen LogP) is -0.140. The van der Waals surface area contributed by atoms with Crippen LogP contribution in [0.25, 0.3) is 0 Å². The van der Waals surface area contributed by atoms with Crippen LogP contribution in [0.4, 0.5) is 0 Å². The summed E-state index contributed by atoms with van der Waals surface area (Å²) in [5.74, 6) is 0.276. The average molecular weight is 197 g/mol. The van der Waals surface area contributed by atoms with Crippen LogP contribution in [0.5, 0.6) is 0 Å². The molecule has 0 aromatic rings. The highest BCUT2D eigenvalue weighted by atomic mass is 16.2. The number of hydrogen-bond donors (Lipinski definition) is 1. The van der Waals surface area contributed by atoms with E-state index in [1.807, 2.05) is 11.9 Å². The highest BCUT2D eigenvalue weighted by molar-refractivity contribution is 5.79. The fraction of sp³-hybridized carbons (Fsp3) is 0.900. The van der Waals surface area contributed by atoms with Gasteiger partial charge >= 0.3 is 0 Å². The molecule has 0 spiro atoms. The number of nitrogens with one attached hydrogen (secondary N) is 1. The number of piperidine rings is 1. The number of amides is 1. The summed E-state index contributed by atoms with van der Waals surface area (Å²) in [5, 5.41) is 3.42. The number of rotatable bonds is 1. The monoisotopic (exact) mass is 197 g/mol.